The number of rotatable bonds is 11. The van der Waals surface area contributed by atoms with Crippen LogP contribution >= 0.6 is 0 Å². The van der Waals surface area contributed by atoms with E-state index >= 15 is 0 Å². The number of ether oxygens (including phenoxy) is 4. The van der Waals surface area contributed by atoms with Crippen molar-refractivity contribution in [1.82, 2.24) is 0 Å². The van der Waals surface area contributed by atoms with Gasteiger partial charge in [0.1, 0.15) is 17.2 Å². The first-order valence-electron chi connectivity index (χ1n) is 11.6. The second kappa shape index (κ2) is 11.5. The van der Waals surface area contributed by atoms with Gasteiger partial charge in [0.15, 0.2) is 5.75 Å². The fourth-order valence-corrected chi connectivity index (χ4v) is 4.12. The standard InChI is InChI=1S/C27H39NO6Si/c1-11-33-26(29)19(2)18-28(21-14-22(30-6)17-23(15-21)31-7)20-12-13-24(32-8)25(16-20)34-35(9,10)27(3,4)5/h12-17H,2,11,18H2,1,3-10H3. The number of carbonyl (C=O) groups is 1. The van der Waals surface area contributed by atoms with Gasteiger partial charge in [0, 0.05) is 41.2 Å². The number of carbonyl (C=O) groups excluding carboxylic acids is 1. The summed E-state index contributed by atoms with van der Waals surface area (Å²) in [5, 5.41) is 0.00601. The van der Waals surface area contributed by atoms with Gasteiger partial charge >= 0.3 is 5.97 Å². The molecule has 0 fully saturated rings. The lowest BCUT2D eigenvalue weighted by atomic mass is 10.1. The first-order chi connectivity index (χ1) is 16.4. The van der Waals surface area contributed by atoms with E-state index in [2.05, 4.69) is 40.4 Å². The average Bonchev–Trinajstić information content (AvgIpc) is 2.81. The highest BCUT2D eigenvalue weighted by Crippen LogP contribution is 2.42. The highest BCUT2D eigenvalue weighted by atomic mass is 28.4. The highest BCUT2D eigenvalue weighted by molar-refractivity contribution is 6.74. The van der Waals surface area contributed by atoms with E-state index in [1.54, 1.807) is 34.3 Å². The first-order valence-corrected chi connectivity index (χ1v) is 14.5. The molecule has 2 aromatic rings. The second-order valence-electron chi connectivity index (χ2n) is 9.68. The van der Waals surface area contributed by atoms with Crippen molar-refractivity contribution in [3.05, 3.63) is 48.6 Å². The van der Waals surface area contributed by atoms with Crippen LogP contribution in [0.25, 0.3) is 0 Å². The van der Waals surface area contributed by atoms with Crippen LogP contribution in [-0.4, -0.2) is 48.8 Å². The molecule has 0 unspecified atom stereocenters. The molecule has 0 aromatic heterocycles. The van der Waals surface area contributed by atoms with Crippen LogP contribution in [0.2, 0.25) is 18.1 Å². The van der Waals surface area contributed by atoms with E-state index < -0.39 is 14.3 Å². The molecule has 2 aromatic carbocycles. The van der Waals surface area contributed by atoms with E-state index in [4.69, 9.17) is 23.4 Å². The van der Waals surface area contributed by atoms with Crippen LogP contribution in [0.1, 0.15) is 27.7 Å². The van der Waals surface area contributed by atoms with Crippen LogP contribution in [-0.2, 0) is 9.53 Å². The number of methoxy groups -OCH3 is 3. The summed E-state index contributed by atoms with van der Waals surface area (Å²) < 4.78 is 28.4. The maximum Gasteiger partial charge on any atom is 0.335 e. The summed E-state index contributed by atoms with van der Waals surface area (Å²) in [6.07, 6.45) is 0. The first kappa shape index (κ1) is 28.1. The summed E-state index contributed by atoms with van der Waals surface area (Å²) in [5.41, 5.74) is 1.87. The van der Waals surface area contributed by atoms with Crippen LogP contribution in [0, 0.1) is 0 Å². The lowest BCUT2D eigenvalue weighted by Crippen LogP contribution is -2.44. The van der Waals surface area contributed by atoms with E-state index in [1.807, 2.05) is 35.2 Å². The Morgan fingerprint density at radius 2 is 1.51 bits per heavy atom. The summed E-state index contributed by atoms with van der Waals surface area (Å²) in [7, 11) is 2.67. The Kier molecular flexibility index (Phi) is 9.26. The topological polar surface area (TPSA) is 66.5 Å². The number of esters is 1. The van der Waals surface area contributed by atoms with Gasteiger partial charge in [-0.15, -0.1) is 0 Å². The molecule has 0 N–H and O–H groups in total. The zero-order valence-electron chi connectivity index (χ0n) is 22.5. The molecule has 7 nitrogen and oxygen atoms in total. The van der Waals surface area contributed by atoms with Gasteiger partial charge in [0.2, 0.25) is 0 Å². The van der Waals surface area contributed by atoms with Crippen molar-refractivity contribution in [3.63, 3.8) is 0 Å². The van der Waals surface area contributed by atoms with Crippen molar-refractivity contribution >= 4 is 25.7 Å². The number of hydrogen-bond donors (Lipinski definition) is 0. The molecule has 35 heavy (non-hydrogen) atoms. The number of nitrogens with zero attached hydrogens (tertiary/aromatic N) is 1. The number of benzene rings is 2. The van der Waals surface area contributed by atoms with Crippen molar-refractivity contribution in [2.75, 3.05) is 39.4 Å². The van der Waals surface area contributed by atoms with Gasteiger partial charge in [0.25, 0.3) is 8.32 Å². The predicted octanol–water partition coefficient (Wildman–Crippen LogP) is 6.35. The molecule has 0 saturated carbocycles. The Balaban J connectivity index is 2.63. The summed E-state index contributed by atoms with van der Waals surface area (Å²) in [6, 6.07) is 11.3. The summed E-state index contributed by atoms with van der Waals surface area (Å²) in [5.74, 6) is 2.09. The van der Waals surface area contributed by atoms with E-state index in [-0.39, 0.29) is 18.2 Å². The largest absolute Gasteiger partial charge is 0.541 e. The minimum Gasteiger partial charge on any atom is -0.541 e. The molecule has 0 aliphatic heterocycles. The third kappa shape index (κ3) is 6.94. The maximum absolute atomic E-state index is 12.4. The maximum atomic E-state index is 12.4. The molecule has 8 heteroatoms. The minimum absolute atomic E-state index is 0.00601. The van der Waals surface area contributed by atoms with Crippen molar-refractivity contribution in [2.24, 2.45) is 0 Å². The Hall–Kier alpha value is -3.13. The molecule has 0 aliphatic rings. The van der Waals surface area contributed by atoms with Gasteiger partial charge in [-0.3, -0.25) is 0 Å². The van der Waals surface area contributed by atoms with E-state index in [0.29, 0.717) is 28.6 Å². The van der Waals surface area contributed by atoms with Crippen molar-refractivity contribution in [2.45, 2.75) is 45.8 Å². The smallest absolute Gasteiger partial charge is 0.335 e. The molecule has 192 valence electrons. The van der Waals surface area contributed by atoms with Crippen LogP contribution in [0.3, 0.4) is 0 Å². The monoisotopic (exact) mass is 501 g/mol. The van der Waals surface area contributed by atoms with Crippen LogP contribution in [0.4, 0.5) is 11.4 Å². The third-order valence-electron chi connectivity index (χ3n) is 6.19. The summed E-state index contributed by atoms with van der Waals surface area (Å²) in [6.45, 7) is 17.1. The molecular weight excluding hydrogens is 462 g/mol. The van der Waals surface area contributed by atoms with E-state index in [1.165, 1.54) is 0 Å². The SMILES string of the molecule is C=C(CN(c1cc(OC)cc(OC)c1)c1ccc(OC)c(O[Si](C)(C)C(C)(C)C)c1)C(=O)OCC. The average molecular weight is 502 g/mol. The molecule has 0 radical (unpaired) electrons. The fourth-order valence-electron chi connectivity index (χ4n) is 3.11. The summed E-state index contributed by atoms with van der Waals surface area (Å²) in [4.78, 5) is 14.4. The normalized spacial score (nSPS) is 11.5. The Morgan fingerprint density at radius 1 is 0.914 bits per heavy atom. The lowest BCUT2D eigenvalue weighted by Gasteiger charge is -2.37. The fraction of sp³-hybridized carbons (Fsp3) is 0.444. The minimum atomic E-state index is -2.15. The molecule has 0 aliphatic carbocycles. The molecule has 0 heterocycles. The molecule has 2 rings (SSSR count). The zero-order valence-corrected chi connectivity index (χ0v) is 23.5. The third-order valence-corrected chi connectivity index (χ3v) is 10.5. The molecule has 0 bridgehead atoms. The zero-order chi connectivity index (χ0) is 26.4. The Bertz CT molecular complexity index is 1020. The van der Waals surface area contributed by atoms with E-state index in [0.717, 1.165) is 11.4 Å². The quantitative estimate of drug-likeness (QED) is 0.202. The van der Waals surface area contributed by atoms with Gasteiger partial charge in [-0.25, -0.2) is 4.79 Å². The van der Waals surface area contributed by atoms with Crippen LogP contribution < -0.4 is 23.5 Å². The van der Waals surface area contributed by atoms with Gasteiger partial charge < -0.3 is 28.3 Å². The van der Waals surface area contributed by atoms with Crippen LogP contribution in [0.15, 0.2) is 48.6 Å². The van der Waals surface area contributed by atoms with E-state index in [9.17, 15) is 4.79 Å². The van der Waals surface area contributed by atoms with Gasteiger partial charge in [-0.2, -0.15) is 0 Å². The number of hydrogen-bond acceptors (Lipinski definition) is 7. The predicted molar refractivity (Wildman–Crippen MR) is 143 cm³/mol. The van der Waals surface area contributed by atoms with Crippen LogP contribution in [0.5, 0.6) is 23.0 Å². The molecule has 0 saturated heterocycles. The number of anilines is 2. The highest BCUT2D eigenvalue weighted by Gasteiger charge is 2.39. The summed E-state index contributed by atoms with van der Waals surface area (Å²) >= 11 is 0. The lowest BCUT2D eigenvalue weighted by molar-refractivity contribution is -0.138. The van der Waals surface area contributed by atoms with Crippen molar-refractivity contribution in [3.8, 4) is 23.0 Å². The van der Waals surface area contributed by atoms with Crippen molar-refractivity contribution in [1.29, 1.82) is 0 Å². The Labute approximate surface area is 210 Å². The van der Waals surface area contributed by atoms with Crippen molar-refractivity contribution < 1.29 is 28.2 Å². The molecule has 0 spiro atoms. The second-order valence-corrected chi connectivity index (χ2v) is 14.4. The molecule has 0 atom stereocenters. The molecular formula is C27H39NO6Si. The molecule has 0 amide bonds. The van der Waals surface area contributed by atoms with Gasteiger partial charge in [0.05, 0.1) is 34.5 Å². The van der Waals surface area contributed by atoms with Gasteiger partial charge in [-0.05, 0) is 37.2 Å². The van der Waals surface area contributed by atoms with Gasteiger partial charge in [-0.1, -0.05) is 27.4 Å². The Morgan fingerprint density at radius 3 is 2.00 bits per heavy atom.